The number of hydrogen-bond acceptors (Lipinski definition) is 1. The van der Waals surface area contributed by atoms with Crippen LogP contribution >= 0.6 is 0 Å². The smallest absolute Gasteiger partial charge is 0.262 e. The van der Waals surface area contributed by atoms with E-state index < -0.39 is 12.0 Å². The molecule has 0 radical (unpaired) electrons. The molecule has 0 bridgehead atoms. The van der Waals surface area contributed by atoms with Crippen molar-refractivity contribution >= 4 is 0 Å². The molecule has 2 N–H and O–H groups in total. The molecule has 3 heteroatoms. The van der Waals surface area contributed by atoms with Gasteiger partial charge in [0.15, 0.2) is 0 Å². The Morgan fingerprint density at radius 2 is 2.00 bits per heavy atom. The maximum atomic E-state index is 12.2. The average Bonchev–Trinajstić information content (AvgIpc) is 1.67. The minimum atomic E-state index is -2.68. The van der Waals surface area contributed by atoms with Crippen molar-refractivity contribution in [1.82, 2.24) is 0 Å². The van der Waals surface area contributed by atoms with Crippen LogP contribution in [0.2, 0.25) is 0 Å². The van der Waals surface area contributed by atoms with Crippen molar-refractivity contribution in [2.45, 2.75) is 32.2 Å². The molecule has 0 spiro atoms. The molecule has 0 aliphatic carbocycles. The average molecular weight is 123 g/mol. The Morgan fingerprint density at radius 1 is 1.62 bits per heavy atom. The van der Waals surface area contributed by atoms with Gasteiger partial charge in [0.05, 0.1) is 6.04 Å². The molecule has 1 nitrogen and oxygen atoms in total. The Bertz CT molecular complexity index is 70.8. The van der Waals surface area contributed by atoms with E-state index >= 15 is 0 Å². The molecule has 0 saturated heterocycles. The molecule has 0 heterocycles. The minimum absolute atomic E-state index is 0.176. The lowest BCUT2D eigenvalue weighted by atomic mass is 10.1. The lowest BCUT2D eigenvalue weighted by Crippen LogP contribution is -2.37. The standard InChI is InChI=1S/C5H11F2N/c1-3-5(6,7)4(2)8/h4H,3,8H2,1-2H3. The topological polar surface area (TPSA) is 26.0 Å². The minimum Gasteiger partial charge on any atom is -0.323 e. The molecule has 0 aliphatic rings. The van der Waals surface area contributed by atoms with Crippen LogP contribution in [0.4, 0.5) is 8.78 Å². The molecule has 8 heavy (non-hydrogen) atoms. The fourth-order valence-corrected chi connectivity index (χ4v) is 0.322. The van der Waals surface area contributed by atoms with Gasteiger partial charge in [-0.2, -0.15) is 0 Å². The molecule has 50 valence electrons. The SMILES string of the molecule is CCC(F)(F)C(C)N. The van der Waals surface area contributed by atoms with Gasteiger partial charge in [0.2, 0.25) is 0 Å². The summed E-state index contributed by atoms with van der Waals surface area (Å²) < 4.78 is 24.3. The molecule has 0 saturated carbocycles. The van der Waals surface area contributed by atoms with Crippen molar-refractivity contribution in [1.29, 1.82) is 0 Å². The Kier molecular flexibility index (Phi) is 2.34. The van der Waals surface area contributed by atoms with E-state index in [1.54, 1.807) is 0 Å². The van der Waals surface area contributed by atoms with Gasteiger partial charge in [-0.05, 0) is 6.92 Å². The first-order valence-electron chi connectivity index (χ1n) is 2.64. The second-order valence-corrected chi connectivity index (χ2v) is 1.90. The first-order valence-corrected chi connectivity index (χ1v) is 2.64. The van der Waals surface area contributed by atoms with E-state index in [1.807, 2.05) is 0 Å². The maximum Gasteiger partial charge on any atom is 0.262 e. The third kappa shape index (κ3) is 1.74. The number of alkyl halides is 2. The first kappa shape index (κ1) is 7.82. The zero-order chi connectivity index (χ0) is 6.78. The molecule has 0 amide bonds. The molecule has 0 aliphatic heterocycles. The molecule has 1 unspecified atom stereocenters. The van der Waals surface area contributed by atoms with E-state index in [0.29, 0.717) is 0 Å². The molecule has 0 aromatic rings. The molecule has 0 rings (SSSR count). The van der Waals surface area contributed by atoms with Crippen molar-refractivity contribution < 1.29 is 8.78 Å². The third-order valence-electron chi connectivity index (χ3n) is 1.14. The molecular weight excluding hydrogens is 112 g/mol. The van der Waals surface area contributed by atoms with Crippen molar-refractivity contribution in [2.24, 2.45) is 5.73 Å². The van der Waals surface area contributed by atoms with Gasteiger partial charge < -0.3 is 5.73 Å². The van der Waals surface area contributed by atoms with Gasteiger partial charge in [-0.3, -0.25) is 0 Å². The summed E-state index contributed by atoms with van der Waals surface area (Å²) in [7, 11) is 0. The van der Waals surface area contributed by atoms with Crippen LogP contribution in [0.25, 0.3) is 0 Å². The molecular formula is C5H11F2N. The number of rotatable bonds is 2. The second kappa shape index (κ2) is 2.40. The van der Waals surface area contributed by atoms with Crippen LogP contribution in [0.1, 0.15) is 20.3 Å². The lowest BCUT2D eigenvalue weighted by molar-refractivity contribution is -0.0231. The predicted octanol–water partition coefficient (Wildman–Crippen LogP) is 1.38. The van der Waals surface area contributed by atoms with E-state index in [2.05, 4.69) is 0 Å². The van der Waals surface area contributed by atoms with Crippen LogP contribution in [0.5, 0.6) is 0 Å². The summed E-state index contributed by atoms with van der Waals surface area (Å²) in [5, 5.41) is 0. The van der Waals surface area contributed by atoms with Gasteiger partial charge in [-0.15, -0.1) is 0 Å². The van der Waals surface area contributed by atoms with Crippen LogP contribution in [0.3, 0.4) is 0 Å². The first-order chi connectivity index (χ1) is 3.50. The molecule has 0 aromatic heterocycles. The fourth-order valence-electron chi connectivity index (χ4n) is 0.322. The fraction of sp³-hybridized carbons (Fsp3) is 1.00. The Balaban J connectivity index is 3.71. The second-order valence-electron chi connectivity index (χ2n) is 1.90. The van der Waals surface area contributed by atoms with E-state index in [9.17, 15) is 8.78 Å². The summed E-state index contributed by atoms with van der Waals surface area (Å²) in [6, 6.07) is -1.02. The summed E-state index contributed by atoms with van der Waals surface area (Å²) in [6.07, 6.45) is -0.176. The van der Waals surface area contributed by atoms with Crippen LogP contribution < -0.4 is 5.73 Å². The van der Waals surface area contributed by atoms with Crippen LogP contribution in [0.15, 0.2) is 0 Å². The van der Waals surface area contributed by atoms with Gasteiger partial charge in [-0.25, -0.2) is 8.78 Å². The monoisotopic (exact) mass is 123 g/mol. The van der Waals surface area contributed by atoms with Gasteiger partial charge in [0, 0.05) is 6.42 Å². The van der Waals surface area contributed by atoms with Crippen molar-refractivity contribution in [2.75, 3.05) is 0 Å². The largest absolute Gasteiger partial charge is 0.323 e. The highest BCUT2D eigenvalue weighted by atomic mass is 19.3. The highest BCUT2D eigenvalue weighted by Gasteiger charge is 2.30. The third-order valence-corrected chi connectivity index (χ3v) is 1.14. The lowest BCUT2D eigenvalue weighted by Gasteiger charge is -2.17. The van der Waals surface area contributed by atoms with E-state index in [1.165, 1.54) is 13.8 Å². The summed E-state index contributed by atoms with van der Waals surface area (Å²) in [6.45, 7) is 2.73. The number of nitrogens with two attached hydrogens (primary N) is 1. The maximum absolute atomic E-state index is 12.2. The van der Waals surface area contributed by atoms with Crippen LogP contribution in [0, 0.1) is 0 Å². The van der Waals surface area contributed by atoms with E-state index in [0.717, 1.165) is 0 Å². The number of halogens is 2. The van der Waals surface area contributed by atoms with Gasteiger partial charge in [0.1, 0.15) is 0 Å². The molecule has 1 atom stereocenters. The zero-order valence-corrected chi connectivity index (χ0v) is 5.12. The van der Waals surface area contributed by atoms with Crippen molar-refractivity contribution in [3.05, 3.63) is 0 Å². The van der Waals surface area contributed by atoms with Crippen LogP contribution in [-0.4, -0.2) is 12.0 Å². The number of hydrogen-bond donors (Lipinski definition) is 1. The highest BCUT2D eigenvalue weighted by molar-refractivity contribution is 4.73. The highest BCUT2D eigenvalue weighted by Crippen LogP contribution is 2.20. The quantitative estimate of drug-likeness (QED) is 0.589. The predicted molar refractivity (Wildman–Crippen MR) is 28.9 cm³/mol. The van der Waals surface area contributed by atoms with Crippen molar-refractivity contribution in [3.63, 3.8) is 0 Å². The molecule has 0 aromatic carbocycles. The van der Waals surface area contributed by atoms with Gasteiger partial charge in [-0.1, -0.05) is 6.92 Å². The van der Waals surface area contributed by atoms with E-state index in [-0.39, 0.29) is 6.42 Å². The summed E-state index contributed by atoms with van der Waals surface area (Å²) >= 11 is 0. The molecule has 0 fully saturated rings. The Labute approximate surface area is 47.9 Å². The summed E-state index contributed by atoms with van der Waals surface area (Å²) in [4.78, 5) is 0. The zero-order valence-electron chi connectivity index (χ0n) is 5.12. The van der Waals surface area contributed by atoms with Crippen LogP contribution in [-0.2, 0) is 0 Å². The van der Waals surface area contributed by atoms with Gasteiger partial charge >= 0.3 is 0 Å². The van der Waals surface area contributed by atoms with E-state index in [4.69, 9.17) is 5.73 Å². The van der Waals surface area contributed by atoms with Crippen molar-refractivity contribution in [3.8, 4) is 0 Å². The normalized spacial score (nSPS) is 16.1. The summed E-state index contributed by atoms with van der Waals surface area (Å²) in [5.74, 6) is -2.68. The van der Waals surface area contributed by atoms with Gasteiger partial charge in [0.25, 0.3) is 5.92 Å². The Morgan fingerprint density at radius 3 is 2.00 bits per heavy atom. The Hall–Kier alpha value is -0.180. The summed E-state index contributed by atoms with van der Waals surface area (Å²) in [5.41, 5.74) is 4.93.